The molecule has 0 aliphatic rings. The summed E-state index contributed by atoms with van der Waals surface area (Å²) >= 11 is 41.9. The molecule has 0 unspecified atom stereocenters. The number of halogens is 9. The van der Waals surface area contributed by atoms with Crippen LogP contribution in [0.4, 0.5) is 54.4 Å². The minimum absolute atomic E-state index is 0.000141. The van der Waals surface area contributed by atoms with Gasteiger partial charge in [0.15, 0.2) is 22.8 Å². The lowest BCUT2D eigenvalue weighted by Crippen LogP contribution is -2.33. The molecule has 0 bridgehead atoms. The number of para-hydroxylation sites is 2. The fourth-order valence-corrected chi connectivity index (χ4v) is 16.7. The Bertz CT molecular complexity index is 6560. The summed E-state index contributed by atoms with van der Waals surface area (Å²) in [5.41, 5.74) is 2.80. The largest absolute Gasteiger partial charge is 0.465 e. The van der Waals surface area contributed by atoms with Crippen LogP contribution < -0.4 is 38.5 Å². The first-order chi connectivity index (χ1) is 57.9. The molecule has 4 N–H and O–H groups in total. The second kappa shape index (κ2) is 41.1. The lowest BCUT2D eigenvalue weighted by molar-refractivity contribution is 0.0601. The zero-order valence-electron chi connectivity index (χ0n) is 66.3. The first-order valence-corrected chi connectivity index (χ1v) is 44.4. The molecule has 12 aromatic rings. The van der Waals surface area contributed by atoms with Crippen LogP contribution in [0.3, 0.4) is 0 Å². The van der Waals surface area contributed by atoms with E-state index in [-0.39, 0.29) is 103 Å². The number of hydrogen-bond donors (Lipinski definition) is 4. The SMILES string of the molecule is CCN(C(=O)c1ncc(Cl)cc1NS(=O)(=O)c1ccc(Cl)c(C)c1)c1ccccn1.COC(=O)c1ccccc1N(C)C(=O)c1ncc(Cl)cc1NS(=O)(=O)c1ccc(Cl)c(C)c1.Cc1cc(S(=O)(=O)Nc2cc(Cl)cnc2C(=O)N(C)c2cccc(F)c2)ccc1Cl.Cc1cnc(C(=O)N(C)c2ccccc2F)c(NS(=O)(=O)c2ccc(Cl)c(C)c2)c1. The normalized spacial score (nSPS) is 11.2. The molecular weight excluding hydrogens is 1820 g/mol. The van der Waals surface area contributed by atoms with Crippen molar-refractivity contribution in [2.45, 2.75) is 61.1 Å². The van der Waals surface area contributed by atoms with Crippen molar-refractivity contribution in [1.29, 1.82) is 0 Å². The van der Waals surface area contributed by atoms with E-state index in [2.05, 4.69) is 43.8 Å². The highest BCUT2D eigenvalue weighted by molar-refractivity contribution is 7.93. The highest BCUT2D eigenvalue weighted by Gasteiger charge is 2.31. The van der Waals surface area contributed by atoms with Crippen LogP contribution in [0.1, 0.15) is 87.1 Å². The maximum Gasteiger partial charge on any atom is 0.339 e. The third-order valence-electron chi connectivity index (χ3n) is 17.6. The number of ether oxygens (including phenoxy) is 1. The first kappa shape index (κ1) is 95.4. The number of esters is 1. The smallest absolute Gasteiger partial charge is 0.339 e. The number of aromatic nitrogens is 5. The third-order valence-corrected chi connectivity index (χ3v) is 25.4. The van der Waals surface area contributed by atoms with E-state index in [1.54, 1.807) is 90.2 Å². The van der Waals surface area contributed by atoms with E-state index in [4.69, 9.17) is 85.9 Å². The molecule has 640 valence electrons. The van der Waals surface area contributed by atoms with Gasteiger partial charge in [-0.2, -0.15) is 0 Å². The van der Waals surface area contributed by atoms with Crippen LogP contribution in [0.15, 0.2) is 239 Å². The van der Waals surface area contributed by atoms with Crippen molar-refractivity contribution in [3.63, 3.8) is 0 Å². The summed E-state index contributed by atoms with van der Waals surface area (Å²) in [5.74, 6) is -3.81. The third kappa shape index (κ3) is 24.1. The van der Waals surface area contributed by atoms with E-state index in [0.717, 1.165) is 9.80 Å². The van der Waals surface area contributed by atoms with Gasteiger partial charge in [-0.15, -0.1) is 0 Å². The molecule has 0 saturated carbocycles. The van der Waals surface area contributed by atoms with Gasteiger partial charge >= 0.3 is 5.97 Å². The van der Waals surface area contributed by atoms with Crippen LogP contribution in [0, 0.1) is 46.3 Å². The molecule has 27 nitrogen and oxygen atoms in total. The zero-order chi connectivity index (χ0) is 90.3. The molecule has 7 aromatic carbocycles. The topological polar surface area (TPSA) is 357 Å². The monoisotopic (exact) mass is 1890 g/mol. The molecule has 123 heavy (non-hydrogen) atoms. The minimum atomic E-state index is -4.09. The number of carbonyl (C=O) groups excluding carboxylic acids is 5. The maximum absolute atomic E-state index is 14.1. The van der Waals surface area contributed by atoms with Crippen molar-refractivity contribution in [3.8, 4) is 0 Å². The predicted molar refractivity (Wildman–Crippen MR) is 475 cm³/mol. The summed E-state index contributed by atoms with van der Waals surface area (Å²) < 4.78 is 145. The number of amides is 4. The number of methoxy groups -OCH3 is 1. The number of carbonyl (C=O) groups is 5. The summed E-state index contributed by atoms with van der Waals surface area (Å²) in [6.45, 7) is 10.5. The van der Waals surface area contributed by atoms with Crippen LogP contribution in [0.5, 0.6) is 0 Å². The number of aryl methyl sites for hydroxylation is 5. The number of nitrogens with zero attached hydrogens (tertiary/aromatic N) is 9. The minimum Gasteiger partial charge on any atom is -0.465 e. The predicted octanol–water partition coefficient (Wildman–Crippen LogP) is 18.6. The zero-order valence-corrected chi connectivity index (χ0v) is 74.8. The quantitative estimate of drug-likeness (QED) is 0.0458. The second-order valence-corrected chi connectivity index (χ2v) is 36.1. The van der Waals surface area contributed by atoms with Gasteiger partial charge in [-0.1, -0.05) is 118 Å². The molecule has 0 aliphatic carbocycles. The summed E-state index contributed by atoms with van der Waals surface area (Å²) in [4.78, 5) is 89.6. The number of hydrogen-bond acceptors (Lipinski definition) is 19. The molecule has 12 rings (SSSR count). The van der Waals surface area contributed by atoms with E-state index in [1.165, 1.54) is 208 Å². The van der Waals surface area contributed by atoms with Gasteiger partial charge in [-0.05, 0) is 221 Å². The Kier molecular flexibility index (Phi) is 31.9. The summed E-state index contributed by atoms with van der Waals surface area (Å²) in [6.07, 6.45) is 6.72. The van der Waals surface area contributed by atoms with Gasteiger partial charge in [-0.25, -0.2) is 72.2 Å². The van der Waals surface area contributed by atoms with Gasteiger partial charge in [0.2, 0.25) is 0 Å². The molecule has 0 atom stereocenters. The van der Waals surface area contributed by atoms with E-state index in [1.807, 2.05) is 0 Å². The molecule has 0 radical (unpaired) electrons. The van der Waals surface area contributed by atoms with Crippen molar-refractivity contribution < 1.29 is 71.2 Å². The second-order valence-electron chi connectivity index (χ2n) is 26.4. The van der Waals surface area contributed by atoms with Gasteiger partial charge in [0.1, 0.15) is 17.5 Å². The van der Waals surface area contributed by atoms with Crippen molar-refractivity contribution in [3.05, 3.63) is 322 Å². The van der Waals surface area contributed by atoms with Gasteiger partial charge < -0.3 is 19.4 Å². The fourth-order valence-electron chi connectivity index (χ4n) is 11.2. The number of benzene rings is 7. The van der Waals surface area contributed by atoms with Gasteiger partial charge in [-0.3, -0.25) is 43.0 Å². The number of pyridine rings is 5. The number of nitrogens with one attached hydrogen (secondary N) is 4. The van der Waals surface area contributed by atoms with Crippen molar-refractivity contribution in [1.82, 2.24) is 24.9 Å². The van der Waals surface area contributed by atoms with Crippen LogP contribution in [0.25, 0.3) is 0 Å². The van der Waals surface area contributed by atoms with Crippen LogP contribution in [0.2, 0.25) is 35.2 Å². The van der Waals surface area contributed by atoms with Gasteiger partial charge in [0, 0.05) is 84.4 Å². The molecule has 0 aliphatic heterocycles. The Morgan fingerprint density at radius 1 is 0.390 bits per heavy atom. The molecule has 40 heteroatoms. The van der Waals surface area contributed by atoms with Crippen molar-refractivity contribution >= 4 is 197 Å². The molecule has 0 spiro atoms. The molecule has 0 saturated heterocycles. The van der Waals surface area contributed by atoms with E-state index in [9.17, 15) is 66.4 Å². The molecule has 5 aromatic heterocycles. The summed E-state index contributed by atoms with van der Waals surface area (Å²) in [5, 5.41) is 2.15. The lowest BCUT2D eigenvalue weighted by Gasteiger charge is -2.21. The van der Waals surface area contributed by atoms with Crippen LogP contribution >= 0.6 is 81.2 Å². The average molecular weight is 1890 g/mol. The summed E-state index contributed by atoms with van der Waals surface area (Å²) in [7, 11) is -10.7. The highest BCUT2D eigenvalue weighted by Crippen LogP contribution is 2.34. The van der Waals surface area contributed by atoms with Crippen molar-refractivity contribution in [2.24, 2.45) is 0 Å². The first-order valence-electron chi connectivity index (χ1n) is 35.8. The molecule has 0 fully saturated rings. The number of anilines is 8. The Labute approximate surface area is 743 Å². The van der Waals surface area contributed by atoms with Gasteiger partial charge in [0.05, 0.1) is 81.4 Å². The average Bonchev–Trinajstić information content (AvgIpc) is 0.611. The molecule has 4 amide bonds. The highest BCUT2D eigenvalue weighted by atomic mass is 35.5. The number of rotatable bonds is 22. The number of sulfonamides is 4. The Hall–Kier alpha value is -11.5. The maximum atomic E-state index is 14.1. The van der Waals surface area contributed by atoms with Gasteiger partial charge in [0.25, 0.3) is 63.7 Å². The molecular formula is C83H72Cl7F2N13O14S4. The van der Waals surface area contributed by atoms with Crippen molar-refractivity contribution in [2.75, 3.05) is 73.3 Å². The van der Waals surface area contributed by atoms with E-state index < -0.39 is 81.3 Å². The lowest BCUT2D eigenvalue weighted by atomic mass is 10.1. The summed E-state index contributed by atoms with van der Waals surface area (Å²) in [6, 6.07) is 45.1. The molecule has 5 heterocycles. The van der Waals surface area contributed by atoms with Crippen LogP contribution in [-0.4, -0.2) is 123 Å². The van der Waals surface area contributed by atoms with E-state index >= 15 is 0 Å². The Balaban J connectivity index is 0.000000186. The Morgan fingerprint density at radius 3 is 1.12 bits per heavy atom. The standard InChI is InChI=1S/C22H19Cl2N3O5S.C21H19ClFN3O3S.C20H16Cl2FN3O3S.C20H18Cl2N4O3S/c1-13-10-15(8-9-17(13)24)33(30,31)26-18-11-14(23)12-25-20(18)21(28)27(2)19-7-5-4-6-16(19)22(29)32-3;1-13-10-18(25-30(28,29)15-8-9-16(22)14(2)11-15)20(24-12-13)21(27)26(3)19-7-5-4-6-17(19)23;1-12-8-16(6-7-17(12)22)30(28,29)25-18-9-13(21)11-24-19(18)20(27)26(2)15-5-3-4-14(23)10-15;1-3-26(18-6-4-5-9-23-18)20(27)19-17(11-14(21)12-24-19)25-30(28,29)15-7-8-16(22)13(2)10-15/h4-12,26H,1-3H3;4-12,25H,1-3H3;3-11,25H,1-2H3;4-12,25H,3H2,1-2H3. The fraction of sp³-hybridized carbons (Fsp3) is 0.133. The Morgan fingerprint density at radius 2 is 0.748 bits per heavy atom. The van der Waals surface area contributed by atoms with Crippen LogP contribution in [-0.2, 0) is 44.8 Å². The van der Waals surface area contributed by atoms with E-state index in [0.29, 0.717) is 60.3 Å².